The van der Waals surface area contributed by atoms with Crippen molar-refractivity contribution in [1.29, 1.82) is 0 Å². The van der Waals surface area contributed by atoms with Crippen LogP contribution < -0.4 is 0 Å². The number of aliphatic imine (C=N–C) groups is 1. The topological polar surface area (TPSA) is 15.6 Å². The fourth-order valence-corrected chi connectivity index (χ4v) is 0.641. The molecule has 0 radical (unpaired) electrons. The average Bonchev–Trinajstić information content (AvgIpc) is 1.90. The first-order valence-corrected chi connectivity index (χ1v) is 2.86. The molecule has 0 bridgehead atoms. The van der Waals surface area contributed by atoms with E-state index in [2.05, 4.69) is 16.8 Å². The predicted molar refractivity (Wildman–Crippen MR) is 42.1 cm³/mol. The molecule has 0 aromatic rings. The van der Waals surface area contributed by atoms with E-state index in [0.717, 1.165) is 13.1 Å². The molecule has 0 unspecified atom stereocenters. The monoisotopic (exact) mass is 146 g/mol. The van der Waals surface area contributed by atoms with Gasteiger partial charge in [0.05, 0.1) is 6.54 Å². The summed E-state index contributed by atoms with van der Waals surface area (Å²) in [5.41, 5.74) is 0. The smallest absolute Gasteiger partial charge is 0.0527 e. The highest BCUT2D eigenvalue weighted by atomic mass is 35.5. The largest absolute Gasteiger partial charge is 0.371 e. The second kappa shape index (κ2) is 4.39. The van der Waals surface area contributed by atoms with Gasteiger partial charge in [-0.3, -0.25) is 4.99 Å². The molecule has 0 saturated heterocycles. The highest BCUT2D eigenvalue weighted by molar-refractivity contribution is 5.85. The van der Waals surface area contributed by atoms with Gasteiger partial charge in [-0.2, -0.15) is 0 Å². The highest BCUT2D eigenvalue weighted by Gasteiger charge is 1.92. The molecule has 0 N–H and O–H groups in total. The molecule has 0 aliphatic carbocycles. The van der Waals surface area contributed by atoms with E-state index in [1.54, 1.807) is 0 Å². The number of hydrogen-bond acceptors (Lipinski definition) is 2. The lowest BCUT2D eigenvalue weighted by molar-refractivity contribution is 0.450. The number of rotatable bonds is 1. The molecule has 3 heteroatoms. The van der Waals surface area contributed by atoms with Crippen LogP contribution in [-0.4, -0.2) is 24.2 Å². The van der Waals surface area contributed by atoms with Crippen molar-refractivity contribution in [3.05, 3.63) is 12.4 Å². The van der Waals surface area contributed by atoms with Gasteiger partial charge in [0.25, 0.3) is 0 Å². The summed E-state index contributed by atoms with van der Waals surface area (Å²) < 4.78 is 0. The van der Waals surface area contributed by atoms with Crippen LogP contribution >= 0.6 is 12.4 Å². The second-order valence-electron chi connectivity index (χ2n) is 1.72. The summed E-state index contributed by atoms with van der Waals surface area (Å²) in [5.74, 6) is 0. The lowest BCUT2D eigenvalue weighted by Gasteiger charge is -2.16. The third-order valence-corrected chi connectivity index (χ3v) is 1.19. The summed E-state index contributed by atoms with van der Waals surface area (Å²) >= 11 is 0. The normalized spacial score (nSPS) is 15.4. The molecule has 1 rings (SSSR count). The van der Waals surface area contributed by atoms with Gasteiger partial charge in [0.15, 0.2) is 0 Å². The molecular weight excluding hydrogens is 136 g/mol. The van der Waals surface area contributed by atoms with E-state index in [1.807, 2.05) is 18.6 Å². The Hall–Kier alpha value is -0.500. The first kappa shape index (κ1) is 8.50. The van der Waals surface area contributed by atoms with Crippen LogP contribution in [-0.2, 0) is 0 Å². The maximum atomic E-state index is 3.93. The third kappa shape index (κ3) is 2.51. The molecule has 0 aromatic carbocycles. The summed E-state index contributed by atoms with van der Waals surface area (Å²) in [7, 11) is 0. The molecule has 0 aromatic heterocycles. The van der Waals surface area contributed by atoms with E-state index in [-0.39, 0.29) is 12.4 Å². The minimum Gasteiger partial charge on any atom is -0.371 e. The third-order valence-electron chi connectivity index (χ3n) is 1.19. The van der Waals surface area contributed by atoms with Gasteiger partial charge in [0.2, 0.25) is 0 Å². The van der Waals surface area contributed by atoms with Gasteiger partial charge in [-0.1, -0.05) is 0 Å². The summed E-state index contributed by atoms with van der Waals surface area (Å²) in [6, 6.07) is 0. The van der Waals surface area contributed by atoms with Crippen molar-refractivity contribution in [3.8, 4) is 0 Å². The van der Waals surface area contributed by atoms with E-state index >= 15 is 0 Å². The summed E-state index contributed by atoms with van der Waals surface area (Å²) in [5, 5.41) is 0. The van der Waals surface area contributed by atoms with E-state index in [4.69, 9.17) is 0 Å². The standard InChI is InChI=1S/C6H10N2.ClH/c1-2-8-5-3-7-4-6-8;/h3-5H,2,6H2,1H3;1H. The molecule has 1 heterocycles. The van der Waals surface area contributed by atoms with Gasteiger partial charge in [-0.05, 0) is 6.92 Å². The van der Waals surface area contributed by atoms with Crippen LogP contribution in [0, 0.1) is 0 Å². The van der Waals surface area contributed by atoms with E-state index in [0.29, 0.717) is 0 Å². The Bertz CT molecular complexity index is 120. The van der Waals surface area contributed by atoms with Gasteiger partial charge in [0, 0.05) is 25.2 Å². The zero-order chi connectivity index (χ0) is 5.82. The second-order valence-corrected chi connectivity index (χ2v) is 1.72. The van der Waals surface area contributed by atoms with Crippen molar-refractivity contribution in [2.24, 2.45) is 4.99 Å². The average molecular weight is 147 g/mol. The minimum atomic E-state index is 0. The predicted octanol–water partition coefficient (Wildman–Crippen LogP) is 1.29. The molecule has 0 saturated carbocycles. The number of halogens is 1. The van der Waals surface area contributed by atoms with Gasteiger partial charge < -0.3 is 4.90 Å². The maximum Gasteiger partial charge on any atom is 0.0527 e. The summed E-state index contributed by atoms with van der Waals surface area (Å²) in [6.07, 6.45) is 5.72. The molecule has 1 aliphatic heterocycles. The fraction of sp³-hybridized carbons (Fsp3) is 0.500. The Morgan fingerprint density at radius 1 is 1.67 bits per heavy atom. The van der Waals surface area contributed by atoms with Crippen molar-refractivity contribution in [2.75, 3.05) is 13.1 Å². The Kier molecular flexibility index (Phi) is 4.14. The maximum absolute atomic E-state index is 3.93. The highest BCUT2D eigenvalue weighted by Crippen LogP contribution is 1.91. The molecule has 0 amide bonds. The van der Waals surface area contributed by atoms with E-state index in [9.17, 15) is 0 Å². The van der Waals surface area contributed by atoms with Crippen molar-refractivity contribution in [3.63, 3.8) is 0 Å². The van der Waals surface area contributed by atoms with Crippen molar-refractivity contribution in [2.45, 2.75) is 6.92 Å². The van der Waals surface area contributed by atoms with Crippen LogP contribution in [0.1, 0.15) is 6.92 Å². The van der Waals surface area contributed by atoms with Crippen LogP contribution in [0.5, 0.6) is 0 Å². The fourth-order valence-electron chi connectivity index (χ4n) is 0.641. The van der Waals surface area contributed by atoms with Crippen LogP contribution in [0.15, 0.2) is 17.4 Å². The summed E-state index contributed by atoms with van der Waals surface area (Å²) in [4.78, 5) is 6.12. The minimum absolute atomic E-state index is 0. The van der Waals surface area contributed by atoms with Gasteiger partial charge >= 0.3 is 0 Å². The number of hydrogen-bond donors (Lipinski definition) is 0. The molecule has 2 nitrogen and oxygen atoms in total. The van der Waals surface area contributed by atoms with Crippen molar-refractivity contribution in [1.82, 2.24) is 4.90 Å². The number of nitrogens with zero attached hydrogens (tertiary/aromatic N) is 2. The van der Waals surface area contributed by atoms with Gasteiger partial charge in [-0.15, -0.1) is 12.4 Å². The Morgan fingerprint density at radius 3 is 2.78 bits per heavy atom. The Labute approximate surface area is 61.7 Å². The Balaban J connectivity index is 0.000000640. The van der Waals surface area contributed by atoms with E-state index in [1.165, 1.54) is 0 Å². The lowest BCUT2D eigenvalue weighted by atomic mass is 10.5. The van der Waals surface area contributed by atoms with Gasteiger partial charge in [-0.25, -0.2) is 0 Å². The Morgan fingerprint density at radius 2 is 2.44 bits per heavy atom. The zero-order valence-electron chi connectivity index (χ0n) is 5.45. The zero-order valence-corrected chi connectivity index (χ0v) is 6.27. The first-order chi connectivity index (χ1) is 3.93. The van der Waals surface area contributed by atoms with Crippen LogP contribution in [0.2, 0.25) is 0 Å². The lowest BCUT2D eigenvalue weighted by Crippen LogP contribution is -2.20. The van der Waals surface area contributed by atoms with Crippen LogP contribution in [0.25, 0.3) is 0 Å². The van der Waals surface area contributed by atoms with Gasteiger partial charge in [0.1, 0.15) is 0 Å². The van der Waals surface area contributed by atoms with E-state index < -0.39 is 0 Å². The molecule has 1 aliphatic rings. The molecular formula is C6H11ClN2. The van der Waals surface area contributed by atoms with Crippen molar-refractivity contribution < 1.29 is 0 Å². The molecule has 0 fully saturated rings. The van der Waals surface area contributed by atoms with Crippen LogP contribution in [0.3, 0.4) is 0 Å². The summed E-state index contributed by atoms with van der Waals surface area (Å²) in [6.45, 7) is 4.17. The SMILES string of the molecule is CCN1C=CN=CC1.Cl. The first-order valence-electron chi connectivity index (χ1n) is 2.86. The molecule has 0 spiro atoms. The molecule has 52 valence electrons. The van der Waals surface area contributed by atoms with Crippen LogP contribution in [0.4, 0.5) is 0 Å². The van der Waals surface area contributed by atoms with Crippen molar-refractivity contribution >= 4 is 18.6 Å². The quantitative estimate of drug-likeness (QED) is 0.544. The molecule has 0 atom stereocenters. The molecule has 9 heavy (non-hydrogen) atoms.